The average Bonchev–Trinajstić information content (AvgIpc) is 2.85. The molecule has 0 N–H and O–H groups in total. The highest BCUT2D eigenvalue weighted by Crippen LogP contribution is 2.33. The maximum atomic E-state index is 5.50. The second-order valence-corrected chi connectivity index (χ2v) is 6.10. The minimum Gasteiger partial charge on any atom is -0.448 e. The summed E-state index contributed by atoms with van der Waals surface area (Å²) in [6.07, 6.45) is 2.05. The number of fused-ring (bicyclic) bond motifs is 1. The number of aromatic nitrogens is 2. The highest BCUT2D eigenvalue weighted by atomic mass is 79.9. The maximum Gasteiger partial charge on any atom is 0.195 e. The van der Waals surface area contributed by atoms with Crippen molar-refractivity contribution in [1.29, 1.82) is 0 Å². The van der Waals surface area contributed by atoms with Gasteiger partial charge in [-0.3, -0.25) is 4.40 Å². The van der Waals surface area contributed by atoms with E-state index in [0.717, 1.165) is 21.0 Å². The molecule has 3 aromatic rings. The van der Waals surface area contributed by atoms with Gasteiger partial charge in [0.25, 0.3) is 0 Å². The first-order valence-electron chi connectivity index (χ1n) is 4.55. The molecule has 0 saturated carbocycles. The maximum absolute atomic E-state index is 5.50. The van der Waals surface area contributed by atoms with Gasteiger partial charge in [0.05, 0.1) is 0 Å². The van der Waals surface area contributed by atoms with Crippen LogP contribution in [0.3, 0.4) is 0 Å². The third-order valence-electron chi connectivity index (χ3n) is 2.19. The molecule has 16 heavy (non-hydrogen) atoms. The molecular formula is C10H6Br2N2OS. The molecule has 3 rings (SSSR count). The number of halogens is 2. The molecule has 3 aromatic heterocycles. The number of nitrogens with zero attached hydrogens (tertiary/aromatic N) is 2. The van der Waals surface area contributed by atoms with Crippen LogP contribution in [-0.2, 0) is 0 Å². The Labute approximate surface area is 112 Å². The summed E-state index contributed by atoms with van der Waals surface area (Å²) < 4.78 is 9.15. The normalized spacial score (nSPS) is 11.4. The standard InChI is InChI=1S/C10H6Br2N2OS/c1-5-4-14-9(12)8(13-10(14)16-5)6-2-3-7(11)15-6/h2-4H,1H3. The van der Waals surface area contributed by atoms with Crippen molar-refractivity contribution >= 4 is 48.2 Å². The van der Waals surface area contributed by atoms with Gasteiger partial charge in [-0.1, -0.05) is 0 Å². The van der Waals surface area contributed by atoms with Crippen LogP contribution in [-0.4, -0.2) is 9.38 Å². The highest BCUT2D eigenvalue weighted by molar-refractivity contribution is 9.10. The van der Waals surface area contributed by atoms with Crippen LogP contribution < -0.4 is 0 Å². The van der Waals surface area contributed by atoms with Crippen LogP contribution >= 0.6 is 43.2 Å². The Bertz CT molecular complexity index is 668. The van der Waals surface area contributed by atoms with Crippen molar-refractivity contribution in [3.05, 3.63) is 32.5 Å². The fraction of sp³-hybridized carbons (Fsp3) is 0.100. The number of furan rings is 1. The topological polar surface area (TPSA) is 30.4 Å². The van der Waals surface area contributed by atoms with E-state index in [9.17, 15) is 0 Å². The molecule has 0 unspecified atom stereocenters. The molecule has 0 bridgehead atoms. The smallest absolute Gasteiger partial charge is 0.195 e. The summed E-state index contributed by atoms with van der Waals surface area (Å²) in [7, 11) is 0. The van der Waals surface area contributed by atoms with E-state index in [4.69, 9.17) is 4.42 Å². The molecule has 0 fully saturated rings. The lowest BCUT2D eigenvalue weighted by Gasteiger charge is -1.91. The molecule has 0 spiro atoms. The molecule has 0 radical (unpaired) electrons. The Morgan fingerprint density at radius 3 is 2.81 bits per heavy atom. The number of thiazole rings is 1. The lowest BCUT2D eigenvalue weighted by Crippen LogP contribution is -1.77. The molecule has 82 valence electrons. The van der Waals surface area contributed by atoms with Crippen LogP contribution in [0.4, 0.5) is 0 Å². The van der Waals surface area contributed by atoms with Crippen LogP contribution in [0.2, 0.25) is 0 Å². The molecule has 0 aliphatic rings. The Hall–Kier alpha value is -0.590. The van der Waals surface area contributed by atoms with E-state index >= 15 is 0 Å². The molecule has 0 aliphatic heterocycles. The molecule has 3 heterocycles. The van der Waals surface area contributed by atoms with Crippen molar-refractivity contribution in [3.63, 3.8) is 0 Å². The van der Waals surface area contributed by atoms with E-state index in [-0.39, 0.29) is 0 Å². The Balaban J connectivity index is 2.24. The number of hydrogen-bond donors (Lipinski definition) is 0. The van der Waals surface area contributed by atoms with Crippen molar-refractivity contribution in [3.8, 4) is 11.5 Å². The van der Waals surface area contributed by atoms with E-state index in [1.54, 1.807) is 11.3 Å². The summed E-state index contributed by atoms with van der Waals surface area (Å²) in [5, 5.41) is 0. The second kappa shape index (κ2) is 3.72. The largest absolute Gasteiger partial charge is 0.448 e. The fourth-order valence-electron chi connectivity index (χ4n) is 1.53. The van der Waals surface area contributed by atoms with Crippen molar-refractivity contribution in [1.82, 2.24) is 9.38 Å². The van der Waals surface area contributed by atoms with Crippen LogP contribution in [0, 0.1) is 6.92 Å². The van der Waals surface area contributed by atoms with Gasteiger partial charge < -0.3 is 4.42 Å². The van der Waals surface area contributed by atoms with E-state index in [2.05, 4.69) is 50.0 Å². The summed E-state index contributed by atoms with van der Waals surface area (Å²) in [4.78, 5) is 6.73. The molecule has 3 nitrogen and oxygen atoms in total. The zero-order valence-corrected chi connectivity index (χ0v) is 12.2. The lowest BCUT2D eigenvalue weighted by atomic mass is 10.4. The third kappa shape index (κ3) is 1.56. The number of aryl methyl sites for hydroxylation is 1. The Morgan fingerprint density at radius 2 is 2.19 bits per heavy atom. The Morgan fingerprint density at radius 1 is 1.38 bits per heavy atom. The van der Waals surface area contributed by atoms with E-state index in [0.29, 0.717) is 4.67 Å². The van der Waals surface area contributed by atoms with Gasteiger partial charge in [-0.2, -0.15) is 0 Å². The molecule has 0 atom stereocenters. The van der Waals surface area contributed by atoms with Gasteiger partial charge >= 0.3 is 0 Å². The first-order chi connectivity index (χ1) is 7.65. The fourth-order valence-corrected chi connectivity index (χ4v) is 3.33. The number of imidazole rings is 1. The van der Waals surface area contributed by atoms with Gasteiger partial charge in [0, 0.05) is 11.1 Å². The summed E-state index contributed by atoms with van der Waals surface area (Å²) >= 11 is 8.49. The number of hydrogen-bond acceptors (Lipinski definition) is 3. The van der Waals surface area contributed by atoms with Gasteiger partial charge in [-0.15, -0.1) is 11.3 Å². The SMILES string of the molecule is Cc1cn2c(Br)c(-c3ccc(Br)o3)nc2s1. The predicted molar refractivity (Wildman–Crippen MR) is 70.9 cm³/mol. The minimum atomic E-state index is 0.710. The third-order valence-corrected chi connectivity index (χ3v) is 4.27. The average molecular weight is 362 g/mol. The van der Waals surface area contributed by atoms with Gasteiger partial charge in [0.1, 0.15) is 10.3 Å². The van der Waals surface area contributed by atoms with Gasteiger partial charge in [0.2, 0.25) is 0 Å². The van der Waals surface area contributed by atoms with Crippen LogP contribution in [0.5, 0.6) is 0 Å². The Kier molecular flexibility index (Phi) is 2.45. The van der Waals surface area contributed by atoms with Crippen molar-refractivity contribution in [2.75, 3.05) is 0 Å². The van der Waals surface area contributed by atoms with E-state index < -0.39 is 0 Å². The first-order valence-corrected chi connectivity index (χ1v) is 6.95. The van der Waals surface area contributed by atoms with Gasteiger partial charge in [0.15, 0.2) is 15.4 Å². The molecule has 0 amide bonds. The summed E-state index contributed by atoms with van der Waals surface area (Å²) in [6, 6.07) is 3.76. The predicted octanol–water partition coefficient (Wildman–Crippen LogP) is 4.49. The van der Waals surface area contributed by atoms with Gasteiger partial charge in [-0.05, 0) is 50.9 Å². The van der Waals surface area contributed by atoms with Crippen molar-refractivity contribution in [2.45, 2.75) is 6.92 Å². The minimum absolute atomic E-state index is 0.710. The lowest BCUT2D eigenvalue weighted by molar-refractivity contribution is 0.554. The van der Waals surface area contributed by atoms with Crippen LogP contribution in [0.25, 0.3) is 16.4 Å². The number of rotatable bonds is 1. The summed E-state index contributed by atoms with van der Waals surface area (Å²) in [5.74, 6) is 0.757. The molecule has 6 heteroatoms. The quantitative estimate of drug-likeness (QED) is 0.639. The van der Waals surface area contributed by atoms with E-state index in [1.165, 1.54) is 4.88 Å². The molecule has 0 aromatic carbocycles. The second-order valence-electron chi connectivity index (χ2n) is 3.35. The van der Waals surface area contributed by atoms with Crippen LogP contribution in [0.1, 0.15) is 4.88 Å². The monoisotopic (exact) mass is 360 g/mol. The van der Waals surface area contributed by atoms with E-state index in [1.807, 2.05) is 16.5 Å². The molecular weight excluding hydrogens is 356 g/mol. The molecule has 0 saturated heterocycles. The highest BCUT2D eigenvalue weighted by Gasteiger charge is 2.16. The van der Waals surface area contributed by atoms with Gasteiger partial charge in [-0.25, -0.2) is 4.98 Å². The zero-order chi connectivity index (χ0) is 11.3. The summed E-state index contributed by atoms with van der Waals surface area (Å²) in [5.41, 5.74) is 0.831. The molecule has 0 aliphatic carbocycles. The zero-order valence-electron chi connectivity index (χ0n) is 8.20. The van der Waals surface area contributed by atoms with Crippen molar-refractivity contribution < 1.29 is 4.42 Å². The summed E-state index contributed by atoms with van der Waals surface area (Å²) in [6.45, 7) is 2.06. The first kappa shape index (κ1) is 10.6. The van der Waals surface area contributed by atoms with Crippen LogP contribution in [0.15, 0.2) is 32.0 Å². The van der Waals surface area contributed by atoms with Crippen molar-refractivity contribution in [2.24, 2.45) is 0 Å².